The van der Waals surface area contributed by atoms with E-state index in [0.717, 1.165) is 24.3 Å². The lowest BCUT2D eigenvalue weighted by Gasteiger charge is -1.94. The summed E-state index contributed by atoms with van der Waals surface area (Å²) < 4.78 is 10.8. The second-order valence-corrected chi connectivity index (χ2v) is 3.91. The summed E-state index contributed by atoms with van der Waals surface area (Å²) in [6, 6.07) is 2.06. The van der Waals surface area contributed by atoms with Gasteiger partial charge in [0.25, 0.3) is 0 Å². The molecule has 10 heavy (non-hydrogen) atoms. The molecule has 0 aliphatic heterocycles. The van der Waals surface area contributed by atoms with E-state index in [0.29, 0.717) is 6.42 Å². The lowest BCUT2D eigenvalue weighted by Crippen LogP contribution is -1.98. The second kappa shape index (κ2) is 6.76. The molecule has 3 heteroatoms. The first-order valence-corrected chi connectivity index (χ1v) is 5.02. The van der Waals surface area contributed by atoms with Crippen LogP contribution in [0.1, 0.15) is 26.2 Å². The molecule has 0 aromatic carbocycles. The molecule has 0 spiro atoms. The smallest absolute Gasteiger partial charge is 0.0621 e. The number of nitriles is 1. The molecular formula is C7H13NOS. The van der Waals surface area contributed by atoms with Gasteiger partial charge in [-0.05, 0) is 12.8 Å². The Balaban J connectivity index is 3.05. The minimum absolute atomic E-state index is 0.598. The number of hydrogen-bond acceptors (Lipinski definition) is 2. The molecule has 0 aliphatic carbocycles. The van der Waals surface area contributed by atoms with E-state index < -0.39 is 10.8 Å². The number of unbranched alkanes of at least 4 members (excludes halogenated alkanes) is 2. The molecule has 0 saturated carbocycles. The van der Waals surface area contributed by atoms with E-state index >= 15 is 0 Å². The summed E-state index contributed by atoms with van der Waals surface area (Å²) in [6.45, 7) is 1.92. The van der Waals surface area contributed by atoms with Crippen LogP contribution >= 0.6 is 0 Å². The summed E-state index contributed by atoms with van der Waals surface area (Å²) in [4.78, 5) is 0. The highest BCUT2D eigenvalue weighted by atomic mass is 32.2. The van der Waals surface area contributed by atoms with E-state index in [9.17, 15) is 4.21 Å². The summed E-state index contributed by atoms with van der Waals surface area (Å²) >= 11 is 0. The first-order chi connectivity index (χ1) is 4.81. The summed E-state index contributed by atoms with van der Waals surface area (Å²) in [5.41, 5.74) is 0. The molecule has 0 radical (unpaired) electrons. The number of nitrogens with zero attached hydrogens (tertiary/aromatic N) is 1. The van der Waals surface area contributed by atoms with Gasteiger partial charge < -0.3 is 0 Å². The maximum Gasteiger partial charge on any atom is 0.0621 e. The summed E-state index contributed by atoms with van der Waals surface area (Å²) in [7, 11) is -0.640. The van der Waals surface area contributed by atoms with Crippen molar-refractivity contribution < 1.29 is 4.21 Å². The monoisotopic (exact) mass is 159 g/mol. The van der Waals surface area contributed by atoms with Crippen LogP contribution in [0.4, 0.5) is 0 Å². The summed E-state index contributed by atoms with van der Waals surface area (Å²) in [5, 5.41) is 8.16. The van der Waals surface area contributed by atoms with Crippen LogP contribution in [0.25, 0.3) is 0 Å². The molecule has 0 rings (SSSR count). The minimum atomic E-state index is -0.640. The van der Waals surface area contributed by atoms with Crippen LogP contribution in [0.2, 0.25) is 0 Å². The molecular weight excluding hydrogens is 146 g/mol. The molecule has 0 aliphatic rings. The van der Waals surface area contributed by atoms with Crippen LogP contribution in [-0.2, 0) is 10.8 Å². The van der Waals surface area contributed by atoms with Gasteiger partial charge in [-0.1, -0.05) is 6.92 Å². The molecule has 0 bridgehead atoms. The third-order valence-electron chi connectivity index (χ3n) is 1.23. The Bertz CT molecular complexity index is 139. The predicted octanol–water partition coefficient (Wildman–Crippen LogP) is 1.45. The Labute approximate surface area is 64.7 Å². The van der Waals surface area contributed by atoms with Crippen LogP contribution in [0.3, 0.4) is 0 Å². The summed E-state index contributed by atoms with van der Waals surface area (Å²) in [5.74, 6) is 1.50. The normalized spacial score (nSPS) is 12.4. The van der Waals surface area contributed by atoms with Gasteiger partial charge in [0, 0.05) is 28.7 Å². The number of rotatable bonds is 5. The highest BCUT2D eigenvalue weighted by Gasteiger charge is 1.94. The lowest BCUT2D eigenvalue weighted by molar-refractivity contribution is 0.679. The Morgan fingerprint density at radius 3 is 2.70 bits per heavy atom. The fourth-order valence-electron chi connectivity index (χ4n) is 0.611. The van der Waals surface area contributed by atoms with E-state index in [1.807, 2.05) is 6.92 Å². The van der Waals surface area contributed by atoms with Crippen molar-refractivity contribution in [1.29, 1.82) is 5.26 Å². The molecule has 0 fully saturated rings. The second-order valence-electron chi connectivity index (χ2n) is 2.05. The minimum Gasteiger partial charge on any atom is -0.260 e. The Morgan fingerprint density at radius 1 is 1.50 bits per heavy atom. The zero-order chi connectivity index (χ0) is 7.82. The Kier molecular flexibility index (Phi) is 6.51. The van der Waals surface area contributed by atoms with Crippen LogP contribution in [0.5, 0.6) is 0 Å². The van der Waals surface area contributed by atoms with Crippen molar-refractivity contribution in [2.45, 2.75) is 26.2 Å². The van der Waals surface area contributed by atoms with Crippen LogP contribution in [0, 0.1) is 11.3 Å². The van der Waals surface area contributed by atoms with Crippen molar-refractivity contribution in [3.05, 3.63) is 0 Å². The van der Waals surface area contributed by atoms with Crippen molar-refractivity contribution in [3.8, 4) is 6.07 Å². The third kappa shape index (κ3) is 5.77. The van der Waals surface area contributed by atoms with Gasteiger partial charge in [0.1, 0.15) is 0 Å². The van der Waals surface area contributed by atoms with Gasteiger partial charge in [0.15, 0.2) is 0 Å². The van der Waals surface area contributed by atoms with E-state index in [1.54, 1.807) is 0 Å². The zero-order valence-electron chi connectivity index (χ0n) is 6.30. The van der Waals surface area contributed by atoms with Gasteiger partial charge in [-0.15, -0.1) is 0 Å². The van der Waals surface area contributed by atoms with Crippen molar-refractivity contribution >= 4 is 10.8 Å². The van der Waals surface area contributed by atoms with Crippen molar-refractivity contribution in [2.24, 2.45) is 0 Å². The Morgan fingerprint density at radius 2 is 2.20 bits per heavy atom. The molecule has 1 atom stereocenters. The molecule has 0 aromatic heterocycles. The maximum atomic E-state index is 10.8. The largest absolute Gasteiger partial charge is 0.260 e. The zero-order valence-corrected chi connectivity index (χ0v) is 7.12. The van der Waals surface area contributed by atoms with E-state index in [4.69, 9.17) is 5.26 Å². The van der Waals surface area contributed by atoms with Crippen molar-refractivity contribution in [1.82, 2.24) is 0 Å². The Hall–Kier alpha value is -0.360. The lowest BCUT2D eigenvalue weighted by atomic mass is 10.3. The van der Waals surface area contributed by atoms with Crippen LogP contribution < -0.4 is 0 Å². The quantitative estimate of drug-likeness (QED) is 0.570. The molecule has 0 N–H and O–H groups in total. The van der Waals surface area contributed by atoms with Crippen molar-refractivity contribution in [3.63, 3.8) is 0 Å². The van der Waals surface area contributed by atoms with Crippen LogP contribution in [0.15, 0.2) is 0 Å². The standard InChI is InChI=1S/C7H13NOS/c1-2-10(9)7-5-3-4-6-8/h2-5,7H2,1H3. The molecule has 2 nitrogen and oxygen atoms in total. The highest BCUT2D eigenvalue weighted by molar-refractivity contribution is 7.84. The van der Waals surface area contributed by atoms with Gasteiger partial charge in [0.05, 0.1) is 6.07 Å². The maximum absolute atomic E-state index is 10.8. The molecule has 0 heterocycles. The number of hydrogen-bond donors (Lipinski definition) is 0. The van der Waals surface area contributed by atoms with Gasteiger partial charge in [-0.2, -0.15) is 5.26 Å². The fourth-order valence-corrected chi connectivity index (χ4v) is 1.43. The van der Waals surface area contributed by atoms with Crippen molar-refractivity contribution in [2.75, 3.05) is 11.5 Å². The molecule has 0 saturated heterocycles. The van der Waals surface area contributed by atoms with E-state index in [1.165, 1.54) is 0 Å². The van der Waals surface area contributed by atoms with E-state index in [-0.39, 0.29) is 0 Å². The topological polar surface area (TPSA) is 40.9 Å². The highest BCUT2D eigenvalue weighted by Crippen LogP contribution is 1.95. The van der Waals surface area contributed by atoms with Gasteiger partial charge in [0.2, 0.25) is 0 Å². The third-order valence-corrected chi connectivity index (χ3v) is 2.62. The van der Waals surface area contributed by atoms with Gasteiger partial charge in [-0.25, -0.2) is 0 Å². The average molecular weight is 159 g/mol. The molecule has 1 unspecified atom stereocenters. The van der Waals surface area contributed by atoms with Gasteiger partial charge >= 0.3 is 0 Å². The predicted molar refractivity (Wildman–Crippen MR) is 43.0 cm³/mol. The van der Waals surface area contributed by atoms with Crippen LogP contribution in [-0.4, -0.2) is 15.7 Å². The first-order valence-electron chi connectivity index (χ1n) is 3.53. The molecule has 0 amide bonds. The van der Waals surface area contributed by atoms with E-state index in [2.05, 4.69) is 6.07 Å². The van der Waals surface area contributed by atoms with Gasteiger partial charge in [-0.3, -0.25) is 4.21 Å². The SMILES string of the molecule is CCS(=O)CCCCC#N. The summed E-state index contributed by atoms with van der Waals surface area (Å²) in [6.07, 6.45) is 2.41. The molecule has 58 valence electrons. The molecule has 0 aromatic rings. The fraction of sp³-hybridized carbons (Fsp3) is 0.857. The first kappa shape index (κ1) is 9.64. The average Bonchev–Trinajstić information content (AvgIpc) is 1.98.